The average Bonchev–Trinajstić information content (AvgIpc) is 2.32. The Hall–Kier alpha value is -0.610. The largest absolute Gasteiger partial charge is 0.388 e. The summed E-state index contributed by atoms with van der Waals surface area (Å²) in [5, 5.41) is 13.3. The van der Waals surface area contributed by atoms with Crippen molar-refractivity contribution < 1.29 is 14.6 Å². The van der Waals surface area contributed by atoms with Gasteiger partial charge in [-0.25, -0.2) is 0 Å². The van der Waals surface area contributed by atoms with E-state index in [0.717, 1.165) is 25.7 Å². The van der Waals surface area contributed by atoms with Crippen molar-refractivity contribution in [3.63, 3.8) is 0 Å². The highest BCUT2D eigenvalue weighted by atomic mass is 16.5. The van der Waals surface area contributed by atoms with Crippen LogP contribution in [-0.2, 0) is 9.53 Å². The molecular weight excluding hydrogens is 242 g/mol. The van der Waals surface area contributed by atoms with Crippen molar-refractivity contribution in [2.24, 2.45) is 11.3 Å². The van der Waals surface area contributed by atoms with Gasteiger partial charge in [-0.05, 0) is 37.0 Å². The SMILES string of the molecule is COCC(C)CC(=O)NCC1(O)CCC(C)(C)CC1. The van der Waals surface area contributed by atoms with Crippen molar-refractivity contribution in [1.29, 1.82) is 0 Å². The highest BCUT2D eigenvalue weighted by Gasteiger charge is 2.36. The Kier molecular flexibility index (Phi) is 5.81. The molecule has 0 bridgehead atoms. The van der Waals surface area contributed by atoms with Crippen LogP contribution in [0.15, 0.2) is 0 Å². The molecule has 0 spiro atoms. The fourth-order valence-corrected chi connectivity index (χ4v) is 2.56. The second-order valence-electron chi connectivity index (χ2n) is 6.93. The maximum Gasteiger partial charge on any atom is 0.220 e. The first-order chi connectivity index (χ1) is 8.76. The highest BCUT2D eigenvalue weighted by molar-refractivity contribution is 5.76. The lowest BCUT2D eigenvalue weighted by atomic mass is 9.71. The molecule has 2 N–H and O–H groups in total. The second kappa shape index (κ2) is 6.71. The summed E-state index contributed by atoms with van der Waals surface area (Å²) in [6, 6.07) is 0. The number of nitrogens with one attached hydrogen (secondary N) is 1. The van der Waals surface area contributed by atoms with Gasteiger partial charge in [0.15, 0.2) is 0 Å². The molecule has 0 aromatic rings. The lowest BCUT2D eigenvalue weighted by Gasteiger charge is -2.40. The van der Waals surface area contributed by atoms with E-state index in [1.54, 1.807) is 7.11 Å². The Morgan fingerprint density at radius 3 is 2.42 bits per heavy atom. The van der Waals surface area contributed by atoms with Crippen LogP contribution < -0.4 is 5.32 Å². The molecule has 0 aromatic heterocycles. The van der Waals surface area contributed by atoms with Gasteiger partial charge in [-0.15, -0.1) is 0 Å². The Bertz CT molecular complexity index is 292. The van der Waals surface area contributed by atoms with Crippen molar-refractivity contribution in [3.05, 3.63) is 0 Å². The number of amides is 1. The first-order valence-corrected chi connectivity index (χ1v) is 7.24. The molecule has 4 nitrogen and oxygen atoms in total. The third-order valence-corrected chi connectivity index (χ3v) is 4.13. The Morgan fingerprint density at radius 1 is 1.32 bits per heavy atom. The summed E-state index contributed by atoms with van der Waals surface area (Å²) in [7, 11) is 1.64. The molecule has 1 aliphatic carbocycles. The summed E-state index contributed by atoms with van der Waals surface area (Å²) in [6.45, 7) is 7.42. The molecule has 1 aliphatic rings. The van der Waals surface area contributed by atoms with Crippen LogP contribution in [0.4, 0.5) is 0 Å². The third kappa shape index (κ3) is 5.91. The van der Waals surface area contributed by atoms with Gasteiger partial charge in [0.05, 0.1) is 5.60 Å². The van der Waals surface area contributed by atoms with Crippen LogP contribution in [0.25, 0.3) is 0 Å². The molecule has 0 heterocycles. The van der Waals surface area contributed by atoms with E-state index in [1.165, 1.54) is 0 Å². The molecule has 1 atom stereocenters. The van der Waals surface area contributed by atoms with Gasteiger partial charge in [0.25, 0.3) is 0 Å². The van der Waals surface area contributed by atoms with Crippen molar-refractivity contribution >= 4 is 5.91 Å². The zero-order valence-electron chi connectivity index (χ0n) is 12.8. The maximum atomic E-state index is 11.8. The smallest absolute Gasteiger partial charge is 0.220 e. The van der Waals surface area contributed by atoms with Gasteiger partial charge in [-0.1, -0.05) is 20.8 Å². The van der Waals surface area contributed by atoms with Gasteiger partial charge in [-0.2, -0.15) is 0 Å². The van der Waals surface area contributed by atoms with Gasteiger partial charge >= 0.3 is 0 Å². The Balaban J connectivity index is 2.30. The molecule has 1 amide bonds. The van der Waals surface area contributed by atoms with Crippen molar-refractivity contribution in [3.8, 4) is 0 Å². The van der Waals surface area contributed by atoms with E-state index in [1.807, 2.05) is 6.92 Å². The summed E-state index contributed by atoms with van der Waals surface area (Å²) in [5.41, 5.74) is -0.390. The van der Waals surface area contributed by atoms with Gasteiger partial charge < -0.3 is 15.2 Å². The minimum atomic E-state index is -0.713. The molecule has 0 aliphatic heterocycles. The summed E-state index contributed by atoms with van der Waals surface area (Å²) in [5.74, 6) is 0.216. The number of methoxy groups -OCH3 is 1. The first kappa shape index (κ1) is 16.4. The molecule has 0 saturated heterocycles. The van der Waals surface area contributed by atoms with Crippen LogP contribution in [0.3, 0.4) is 0 Å². The minimum Gasteiger partial charge on any atom is -0.388 e. The molecule has 1 saturated carbocycles. The van der Waals surface area contributed by atoms with Crippen LogP contribution in [0.5, 0.6) is 0 Å². The zero-order chi connectivity index (χ0) is 14.5. The number of hydrogen-bond acceptors (Lipinski definition) is 3. The standard InChI is InChI=1S/C15H29NO3/c1-12(10-19-4)9-13(17)16-11-15(18)7-5-14(2,3)6-8-15/h12,18H,5-11H2,1-4H3,(H,16,17). The molecule has 1 unspecified atom stereocenters. The maximum absolute atomic E-state index is 11.8. The molecule has 4 heteroatoms. The molecule has 19 heavy (non-hydrogen) atoms. The van der Waals surface area contributed by atoms with Crippen molar-refractivity contribution in [2.75, 3.05) is 20.3 Å². The quantitative estimate of drug-likeness (QED) is 0.778. The lowest BCUT2D eigenvalue weighted by Crippen LogP contribution is -2.46. The van der Waals surface area contributed by atoms with Crippen molar-refractivity contribution in [2.45, 2.75) is 58.5 Å². The van der Waals surface area contributed by atoms with E-state index in [9.17, 15) is 9.90 Å². The molecule has 0 radical (unpaired) electrons. The molecular formula is C15H29NO3. The topological polar surface area (TPSA) is 58.6 Å². The first-order valence-electron chi connectivity index (χ1n) is 7.24. The molecule has 1 fully saturated rings. The average molecular weight is 271 g/mol. The van der Waals surface area contributed by atoms with Gasteiger partial charge in [0.1, 0.15) is 0 Å². The van der Waals surface area contributed by atoms with Crippen LogP contribution in [0.1, 0.15) is 52.9 Å². The van der Waals surface area contributed by atoms with E-state index in [2.05, 4.69) is 19.2 Å². The Morgan fingerprint density at radius 2 is 1.89 bits per heavy atom. The van der Waals surface area contributed by atoms with E-state index < -0.39 is 5.60 Å². The minimum absolute atomic E-state index is 0.00260. The normalized spacial score (nSPS) is 22.8. The Labute approximate surface area is 116 Å². The van der Waals surface area contributed by atoms with Gasteiger partial charge in [0, 0.05) is 26.7 Å². The predicted octanol–water partition coefficient (Wildman–Crippen LogP) is 2.11. The van der Waals surface area contributed by atoms with Crippen molar-refractivity contribution in [1.82, 2.24) is 5.32 Å². The number of rotatable bonds is 6. The number of ether oxygens (including phenoxy) is 1. The van der Waals surface area contributed by atoms with Gasteiger partial charge in [-0.3, -0.25) is 4.79 Å². The van der Waals surface area contributed by atoms with E-state index >= 15 is 0 Å². The molecule has 0 aromatic carbocycles. The summed E-state index contributed by atoms with van der Waals surface area (Å²) in [4.78, 5) is 11.8. The van der Waals surface area contributed by atoms with E-state index in [4.69, 9.17) is 4.74 Å². The van der Waals surface area contributed by atoms with Crippen LogP contribution in [-0.4, -0.2) is 36.9 Å². The van der Waals surface area contributed by atoms with Crippen LogP contribution >= 0.6 is 0 Å². The fraction of sp³-hybridized carbons (Fsp3) is 0.933. The second-order valence-corrected chi connectivity index (χ2v) is 6.93. The number of carbonyl (C=O) groups is 1. The fourth-order valence-electron chi connectivity index (χ4n) is 2.56. The van der Waals surface area contributed by atoms with E-state index in [-0.39, 0.29) is 11.8 Å². The lowest BCUT2D eigenvalue weighted by molar-refractivity contribution is -0.124. The summed E-state index contributed by atoms with van der Waals surface area (Å²) in [6.07, 6.45) is 4.02. The monoisotopic (exact) mass is 271 g/mol. The summed E-state index contributed by atoms with van der Waals surface area (Å²) >= 11 is 0. The van der Waals surface area contributed by atoms with E-state index in [0.29, 0.717) is 25.0 Å². The number of carbonyl (C=O) groups excluding carboxylic acids is 1. The third-order valence-electron chi connectivity index (χ3n) is 4.13. The molecule has 1 rings (SSSR count). The summed E-state index contributed by atoms with van der Waals surface area (Å²) < 4.78 is 5.01. The number of aliphatic hydroxyl groups is 1. The van der Waals surface area contributed by atoms with Crippen LogP contribution in [0.2, 0.25) is 0 Å². The van der Waals surface area contributed by atoms with Crippen LogP contribution in [0, 0.1) is 11.3 Å². The highest BCUT2D eigenvalue weighted by Crippen LogP contribution is 2.39. The van der Waals surface area contributed by atoms with Gasteiger partial charge in [0.2, 0.25) is 5.91 Å². The zero-order valence-corrected chi connectivity index (χ0v) is 12.8. The molecule has 112 valence electrons. The number of hydrogen-bond donors (Lipinski definition) is 2. The predicted molar refractivity (Wildman–Crippen MR) is 75.9 cm³/mol.